The summed E-state index contributed by atoms with van der Waals surface area (Å²) in [5.74, 6) is 3.06. The molecule has 2 saturated carbocycles. The van der Waals surface area contributed by atoms with Crippen LogP contribution in [0.5, 0.6) is 0 Å². The molecule has 3 aliphatic rings. The van der Waals surface area contributed by atoms with Crippen LogP contribution in [0.25, 0.3) is 0 Å². The number of carbonyl (C=O) groups excluding carboxylic acids is 1. The molecule has 0 bridgehead atoms. The van der Waals surface area contributed by atoms with Crippen LogP contribution in [0.4, 0.5) is 0 Å². The zero-order chi connectivity index (χ0) is 14.1. The van der Waals surface area contributed by atoms with Crippen LogP contribution in [-0.4, -0.2) is 29.9 Å². The predicted octanol–water partition coefficient (Wildman–Crippen LogP) is 3.21. The predicted molar refractivity (Wildman–Crippen MR) is 88.4 cm³/mol. The van der Waals surface area contributed by atoms with E-state index in [0.29, 0.717) is 23.8 Å². The summed E-state index contributed by atoms with van der Waals surface area (Å²) >= 11 is 0. The molecule has 3 nitrogen and oxygen atoms in total. The molecule has 1 saturated heterocycles. The second-order valence-corrected chi connectivity index (χ2v) is 7.49. The molecule has 5 atom stereocenters. The molecule has 1 amide bonds. The molecule has 0 aromatic heterocycles. The van der Waals surface area contributed by atoms with E-state index in [2.05, 4.69) is 11.8 Å². The number of nitrogens with two attached hydrogens (primary N) is 1. The maximum absolute atomic E-state index is 12.8. The van der Waals surface area contributed by atoms with Gasteiger partial charge in [0.25, 0.3) is 0 Å². The average Bonchev–Trinajstić information content (AvgIpc) is 2.87. The van der Waals surface area contributed by atoms with Gasteiger partial charge in [0.1, 0.15) is 0 Å². The maximum atomic E-state index is 12.8. The Kier molecular flexibility index (Phi) is 5.96. The highest BCUT2D eigenvalue weighted by molar-refractivity contribution is 5.85. The summed E-state index contributed by atoms with van der Waals surface area (Å²) in [6.07, 6.45) is 10.3. The molecule has 1 heterocycles. The molecule has 0 radical (unpaired) electrons. The highest BCUT2D eigenvalue weighted by Crippen LogP contribution is 2.43. The summed E-state index contributed by atoms with van der Waals surface area (Å²) in [5.41, 5.74) is 5.79. The summed E-state index contributed by atoms with van der Waals surface area (Å²) in [7, 11) is 0. The van der Waals surface area contributed by atoms with Crippen LogP contribution in [-0.2, 0) is 4.79 Å². The lowest BCUT2D eigenvalue weighted by Crippen LogP contribution is -2.42. The number of hydrogen-bond donors (Lipinski definition) is 1. The standard InChI is InChI=1S/C17H30N2O.ClH/c1-12-8-13(10-18)11-19(12)17(20)16-7-6-14-4-2-3-5-15(14)9-16;/h12-16H,2-11,18H2,1H3;1H. The molecule has 21 heavy (non-hydrogen) atoms. The van der Waals surface area contributed by atoms with Crippen LogP contribution >= 0.6 is 12.4 Å². The van der Waals surface area contributed by atoms with Crippen molar-refractivity contribution < 1.29 is 4.79 Å². The third-order valence-corrected chi connectivity index (χ3v) is 6.17. The van der Waals surface area contributed by atoms with Gasteiger partial charge in [0.2, 0.25) is 5.91 Å². The van der Waals surface area contributed by atoms with Crippen molar-refractivity contribution in [3.8, 4) is 0 Å². The van der Waals surface area contributed by atoms with Crippen molar-refractivity contribution in [1.82, 2.24) is 4.90 Å². The second kappa shape index (κ2) is 7.32. The summed E-state index contributed by atoms with van der Waals surface area (Å²) in [6, 6.07) is 0.403. The number of nitrogens with zero attached hydrogens (tertiary/aromatic N) is 1. The Morgan fingerprint density at radius 3 is 2.48 bits per heavy atom. The van der Waals surface area contributed by atoms with Gasteiger partial charge in [0.05, 0.1) is 0 Å². The van der Waals surface area contributed by atoms with E-state index < -0.39 is 0 Å². The summed E-state index contributed by atoms with van der Waals surface area (Å²) in [4.78, 5) is 15.0. The fourth-order valence-electron chi connectivity index (χ4n) is 4.95. The average molecular weight is 315 g/mol. The number of amides is 1. The molecule has 1 aliphatic heterocycles. The smallest absolute Gasteiger partial charge is 0.225 e. The van der Waals surface area contributed by atoms with Gasteiger partial charge in [0, 0.05) is 18.5 Å². The molecule has 0 spiro atoms. The number of rotatable bonds is 2. The topological polar surface area (TPSA) is 46.3 Å². The second-order valence-electron chi connectivity index (χ2n) is 7.49. The number of carbonyl (C=O) groups is 1. The van der Waals surface area contributed by atoms with Gasteiger partial charge >= 0.3 is 0 Å². The molecule has 2 N–H and O–H groups in total. The van der Waals surface area contributed by atoms with Gasteiger partial charge < -0.3 is 10.6 Å². The first-order valence-corrected chi connectivity index (χ1v) is 8.69. The van der Waals surface area contributed by atoms with Crippen molar-refractivity contribution in [2.75, 3.05) is 13.1 Å². The molecule has 122 valence electrons. The third-order valence-electron chi connectivity index (χ3n) is 6.17. The van der Waals surface area contributed by atoms with E-state index in [9.17, 15) is 4.79 Å². The van der Waals surface area contributed by atoms with Crippen molar-refractivity contribution in [3.05, 3.63) is 0 Å². The zero-order valence-electron chi connectivity index (χ0n) is 13.3. The van der Waals surface area contributed by atoms with Crippen LogP contribution in [0.3, 0.4) is 0 Å². The normalized spacial score (nSPS) is 39.5. The van der Waals surface area contributed by atoms with Crippen molar-refractivity contribution >= 4 is 18.3 Å². The molecule has 4 heteroatoms. The van der Waals surface area contributed by atoms with E-state index in [1.807, 2.05) is 0 Å². The fourth-order valence-corrected chi connectivity index (χ4v) is 4.95. The monoisotopic (exact) mass is 314 g/mol. The molecule has 2 aliphatic carbocycles. The minimum atomic E-state index is 0. The molecule has 3 rings (SSSR count). The maximum Gasteiger partial charge on any atom is 0.225 e. The van der Waals surface area contributed by atoms with Gasteiger partial charge in [-0.25, -0.2) is 0 Å². The van der Waals surface area contributed by atoms with Crippen molar-refractivity contribution in [2.45, 2.75) is 64.3 Å². The highest BCUT2D eigenvalue weighted by atomic mass is 35.5. The summed E-state index contributed by atoms with van der Waals surface area (Å²) < 4.78 is 0. The van der Waals surface area contributed by atoms with E-state index in [1.54, 1.807) is 0 Å². The minimum absolute atomic E-state index is 0. The van der Waals surface area contributed by atoms with Crippen LogP contribution in [0, 0.1) is 23.7 Å². The Hall–Kier alpha value is -0.280. The van der Waals surface area contributed by atoms with E-state index in [-0.39, 0.29) is 12.4 Å². The summed E-state index contributed by atoms with van der Waals surface area (Å²) in [5, 5.41) is 0. The van der Waals surface area contributed by atoms with Gasteiger partial charge in [-0.05, 0) is 56.9 Å². The van der Waals surface area contributed by atoms with Crippen LogP contribution in [0.1, 0.15) is 58.3 Å². The van der Waals surface area contributed by atoms with Crippen LogP contribution < -0.4 is 5.73 Å². The Balaban J connectivity index is 0.00000161. The van der Waals surface area contributed by atoms with Crippen LogP contribution in [0.15, 0.2) is 0 Å². The lowest BCUT2D eigenvalue weighted by Gasteiger charge is -2.40. The number of fused-ring (bicyclic) bond motifs is 1. The third kappa shape index (κ3) is 3.56. The summed E-state index contributed by atoms with van der Waals surface area (Å²) in [6.45, 7) is 3.82. The first kappa shape index (κ1) is 17.1. The first-order valence-electron chi connectivity index (χ1n) is 8.69. The van der Waals surface area contributed by atoms with Gasteiger partial charge in [0.15, 0.2) is 0 Å². The molecule has 5 unspecified atom stereocenters. The van der Waals surface area contributed by atoms with Crippen LogP contribution in [0.2, 0.25) is 0 Å². The van der Waals surface area contributed by atoms with Gasteiger partial charge in [-0.3, -0.25) is 4.79 Å². The molecular weight excluding hydrogens is 284 g/mol. The Labute approximate surface area is 135 Å². The van der Waals surface area contributed by atoms with Gasteiger partial charge in [-0.1, -0.05) is 25.7 Å². The van der Waals surface area contributed by atoms with Crippen molar-refractivity contribution in [2.24, 2.45) is 29.4 Å². The Morgan fingerprint density at radius 1 is 1.10 bits per heavy atom. The van der Waals surface area contributed by atoms with Crippen molar-refractivity contribution in [3.63, 3.8) is 0 Å². The van der Waals surface area contributed by atoms with E-state index in [1.165, 1.54) is 38.5 Å². The molecule has 3 fully saturated rings. The highest BCUT2D eigenvalue weighted by Gasteiger charge is 2.39. The zero-order valence-corrected chi connectivity index (χ0v) is 14.1. The molecule has 0 aromatic carbocycles. The number of likely N-dealkylation sites (tertiary alicyclic amines) is 1. The largest absolute Gasteiger partial charge is 0.339 e. The van der Waals surface area contributed by atoms with Gasteiger partial charge in [-0.2, -0.15) is 0 Å². The SMILES string of the molecule is CC1CC(CN)CN1C(=O)C1CCC2CCCCC2C1.Cl. The first-order chi connectivity index (χ1) is 9.69. The fraction of sp³-hybridized carbons (Fsp3) is 0.941. The quantitative estimate of drug-likeness (QED) is 0.850. The Bertz CT molecular complexity index is 363. The molecule has 0 aromatic rings. The lowest BCUT2D eigenvalue weighted by atomic mass is 9.67. The van der Waals surface area contributed by atoms with E-state index >= 15 is 0 Å². The Morgan fingerprint density at radius 2 is 1.81 bits per heavy atom. The van der Waals surface area contributed by atoms with E-state index in [0.717, 1.165) is 37.8 Å². The number of hydrogen-bond acceptors (Lipinski definition) is 2. The van der Waals surface area contributed by atoms with Gasteiger partial charge in [-0.15, -0.1) is 12.4 Å². The van der Waals surface area contributed by atoms with Crippen molar-refractivity contribution in [1.29, 1.82) is 0 Å². The number of halogens is 1. The lowest BCUT2D eigenvalue weighted by molar-refractivity contribution is -0.138. The molecular formula is C17H31ClN2O. The van der Waals surface area contributed by atoms with E-state index in [4.69, 9.17) is 5.73 Å². The minimum Gasteiger partial charge on any atom is -0.339 e.